The summed E-state index contributed by atoms with van der Waals surface area (Å²) in [6.45, 7) is -0.818. The minimum atomic E-state index is -4.12. The Kier molecular flexibility index (Phi) is 4.72. The first kappa shape index (κ1) is 14.2. The fourth-order valence-electron chi connectivity index (χ4n) is 0.950. The van der Waals surface area contributed by atoms with E-state index in [-0.39, 0.29) is 14.9 Å². The number of benzene rings is 1. The maximum Gasteiger partial charge on any atom is 0.331 e. The Morgan fingerprint density at radius 2 is 1.88 bits per heavy atom. The molecule has 0 bridgehead atoms. The summed E-state index contributed by atoms with van der Waals surface area (Å²) in [4.78, 5) is 15.7. The van der Waals surface area contributed by atoms with Crippen LogP contribution in [0, 0.1) is 0 Å². The number of carbonyl (C=O) groups is 1. The van der Waals surface area contributed by atoms with Crippen LogP contribution in [0.1, 0.15) is 0 Å². The standard InChI is InChI=1S/C8H7Cl2NO5S/c9-5-2-1-3-6(10)8(5)17(14,15)11-16-4-7(12)13/h1-3,11H,4H2,(H,12,13). The maximum absolute atomic E-state index is 11.7. The van der Waals surface area contributed by atoms with Crippen LogP contribution < -0.4 is 4.89 Å². The molecule has 94 valence electrons. The molecule has 0 saturated heterocycles. The Morgan fingerprint density at radius 3 is 2.35 bits per heavy atom. The Morgan fingerprint density at radius 1 is 1.35 bits per heavy atom. The van der Waals surface area contributed by atoms with Gasteiger partial charge in [0.1, 0.15) is 4.90 Å². The Labute approximate surface area is 107 Å². The largest absolute Gasteiger partial charge is 0.479 e. The van der Waals surface area contributed by atoms with Gasteiger partial charge < -0.3 is 5.11 Å². The van der Waals surface area contributed by atoms with Crippen LogP contribution in [0.5, 0.6) is 0 Å². The molecule has 2 N–H and O–H groups in total. The molecule has 0 aromatic heterocycles. The highest BCUT2D eigenvalue weighted by molar-refractivity contribution is 7.89. The number of carboxylic acid groups (broad SMARTS) is 1. The van der Waals surface area contributed by atoms with Crippen LogP contribution in [0.3, 0.4) is 0 Å². The predicted octanol–water partition coefficient (Wildman–Crippen LogP) is 1.29. The van der Waals surface area contributed by atoms with Crippen LogP contribution in [0.4, 0.5) is 0 Å². The van der Waals surface area contributed by atoms with Crippen molar-refractivity contribution in [2.24, 2.45) is 0 Å². The predicted molar refractivity (Wildman–Crippen MR) is 60.4 cm³/mol. The molecule has 9 heteroatoms. The fraction of sp³-hybridized carbons (Fsp3) is 0.125. The number of aliphatic carboxylic acids is 1. The molecule has 0 aliphatic rings. The molecular formula is C8H7Cl2NO5S. The van der Waals surface area contributed by atoms with Crippen molar-refractivity contribution in [1.82, 2.24) is 4.89 Å². The number of hydrogen-bond donors (Lipinski definition) is 2. The zero-order valence-electron chi connectivity index (χ0n) is 8.18. The lowest BCUT2D eigenvalue weighted by Gasteiger charge is -2.08. The van der Waals surface area contributed by atoms with Crippen LogP contribution in [-0.4, -0.2) is 26.1 Å². The van der Waals surface area contributed by atoms with E-state index in [1.807, 2.05) is 0 Å². The molecule has 0 aliphatic carbocycles. The van der Waals surface area contributed by atoms with Gasteiger partial charge in [0, 0.05) is 0 Å². The summed E-state index contributed by atoms with van der Waals surface area (Å²) >= 11 is 11.4. The number of sulfonamides is 1. The van der Waals surface area contributed by atoms with Crippen molar-refractivity contribution in [3.8, 4) is 0 Å². The van der Waals surface area contributed by atoms with Gasteiger partial charge in [-0.15, -0.1) is 0 Å². The van der Waals surface area contributed by atoms with E-state index in [1.54, 1.807) is 4.89 Å². The van der Waals surface area contributed by atoms with Crippen molar-refractivity contribution in [2.75, 3.05) is 6.61 Å². The molecule has 0 unspecified atom stereocenters. The molecule has 17 heavy (non-hydrogen) atoms. The minimum absolute atomic E-state index is 0.0936. The third kappa shape index (κ3) is 3.83. The van der Waals surface area contributed by atoms with Gasteiger partial charge in [0.05, 0.1) is 10.0 Å². The number of hydrogen-bond acceptors (Lipinski definition) is 4. The van der Waals surface area contributed by atoms with E-state index in [0.717, 1.165) is 0 Å². The summed E-state index contributed by atoms with van der Waals surface area (Å²) < 4.78 is 23.3. The lowest BCUT2D eigenvalue weighted by molar-refractivity contribution is -0.143. The zero-order valence-corrected chi connectivity index (χ0v) is 10.5. The zero-order chi connectivity index (χ0) is 13.1. The van der Waals surface area contributed by atoms with Crippen molar-refractivity contribution >= 4 is 39.2 Å². The van der Waals surface area contributed by atoms with Crippen molar-refractivity contribution in [3.63, 3.8) is 0 Å². The third-order valence-corrected chi connectivity index (χ3v) is 3.72. The molecule has 6 nitrogen and oxygen atoms in total. The minimum Gasteiger partial charge on any atom is -0.479 e. The van der Waals surface area contributed by atoms with E-state index in [9.17, 15) is 13.2 Å². The second kappa shape index (κ2) is 5.65. The Bertz CT molecular complexity index is 510. The second-order valence-corrected chi connectivity index (χ2v) is 5.22. The van der Waals surface area contributed by atoms with Gasteiger partial charge >= 0.3 is 5.97 Å². The van der Waals surface area contributed by atoms with Crippen molar-refractivity contribution in [2.45, 2.75) is 4.90 Å². The summed E-state index contributed by atoms with van der Waals surface area (Å²) in [7, 11) is -4.12. The number of halogens is 2. The van der Waals surface area contributed by atoms with E-state index in [0.29, 0.717) is 0 Å². The molecular weight excluding hydrogens is 293 g/mol. The molecule has 0 atom stereocenters. The normalized spacial score (nSPS) is 11.4. The summed E-state index contributed by atoms with van der Waals surface area (Å²) in [6.07, 6.45) is 0. The number of nitrogens with one attached hydrogen (secondary N) is 1. The molecule has 0 spiro atoms. The van der Waals surface area contributed by atoms with Gasteiger partial charge in [-0.05, 0) is 12.1 Å². The van der Waals surface area contributed by atoms with Gasteiger partial charge in [-0.2, -0.15) is 0 Å². The smallest absolute Gasteiger partial charge is 0.331 e. The van der Waals surface area contributed by atoms with Crippen LogP contribution in [0.25, 0.3) is 0 Å². The molecule has 0 heterocycles. The van der Waals surface area contributed by atoms with E-state index in [4.69, 9.17) is 28.3 Å². The summed E-state index contributed by atoms with van der Waals surface area (Å²) in [5, 5.41) is 8.09. The van der Waals surface area contributed by atoms with Gasteiger partial charge in [0.25, 0.3) is 10.0 Å². The van der Waals surface area contributed by atoms with Gasteiger partial charge in [0.15, 0.2) is 6.61 Å². The van der Waals surface area contributed by atoms with E-state index < -0.39 is 22.6 Å². The number of rotatable bonds is 5. The SMILES string of the molecule is O=C(O)CONS(=O)(=O)c1c(Cl)cccc1Cl. The molecule has 0 saturated carbocycles. The highest BCUT2D eigenvalue weighted by Gasteiger charge is 2.21. The molecule has 0 aliphatic heterocycles. The van der Waals surface area contributed by atoms with Crippen molar-refractivity contribution in [1.29, 1.82) is 0 Å². The first-order valence-electron chi connectivity index (χ1n) is 4.14. The van der Waals surface area contributed by atoms with Gasteiger partial charge in [-0.3, -0.25) is 4.84 Å². The van der Waals surface area contributed by atoms with Gasteiger partial charge in [-0.1, -0.05) is 34.2 Å². The molecule has 1 aromatic rings. The molecule has 1 rings (SSSR count). The monoisotopic (exact) mass is 299 g/mol. The summed E-state index contributed by atoms with van der Waals surface area (Å²) in [5.41, 5.74) is 0. The summed E-state index contributed by atoms with van der Waals surface area (Å²) in [5.74, 6) is -1.32. The molecule has 1 aromatic carbocycles. The highest BCUT2D eigenvalue weighted by atomic mass is 35.5. The fourth-order valence-corrected chi connectivity index (χ4v) is 2.90. The summed E-state index contributed by atoms with van der Waals surface area (Å²) in [6, 6.07) is 4.14. The van der Waals surface area contributed by atoms with Gasteiger partial charge in [0.2, 0.25) is 0 Å². The van der Waals surface area contributed by atoms with Crippen LogP contribution in [-0.2, 0) is 19.7 Å². The number of carboxylic acids is 1. The maximum atomic E-state index is 11.7. The molecule has 0 radical (unpaired) electrons. The van der Waals surface area contributed by atoms with E-state index in [2.05, 4.69) is 4.84 Å². The molecule has 0 fully saturated rings. The highest BCUT2D eigenvalue weighted by Crippen LogP contribution is 2.28. The first-order chi connectivity index (χ1) is 7.84. The third-order valence-electron chi connectivity index (χ3n) is 1.55. The van der Waals surface area contributed by atoms with Crippen LogP contribution >= 0.6 is 23.2 Å². The topological polar surface area (TPSA) is 92.7 Å². The van der Waals surface area contributed by atoms with Crippen molar-refractivity contribution in [3.05, 3.63) is 28.2 Å². The lowest BCUT2D eigenvalue weighted by Crippen LogP contribution is -2.27. The first-order valence-corrected chi connectivity index (χ1v) is 6.38. The lowest BCUT2D eigenvalue weighted by atomic mass is 10.4. The average molecular weight is 300 g/mol. The average Bonchev–Trinajstić information content (AvgIpc) is 2.15. The van der Waals surface area contributed by atoms with Crippen molar-refractivity contribution < 1.29 is 23.2 Å². The quantitative estimate of drug-likeness (QED) is 0.799. The van der Waals surface area contributed by atoms with E-state index in [1.165, 1.54) is 18.2 Å². The van der Waals surface area contributed by atoms with Crippen LogP contribution in [0.15, 0.2) is 23.1 Å². The Balaban J connectivity index is 2.94. The van der Waals surface area contributed by atoms with Gasteiger partial charge in [-0.25, -0.2) is 13.2 Å². The molecule has 0 amide bonds. The van der Waals surface area contributed by atoms with E-state index >= 15 is 0 Å². The Hall–Kier alpha value is -0.860. The second-order valence-electron chi connectivity index (χ2n) is 2.82. The van der Waals surface area contributed by atoms with Crippen LogP contribution in [0.2, 0.25) is 10.0 Å².